The summed E-state index contributed by atoms with van der Waals surface area (Å²) in [7, 11) is 0. The van der Waals surface area contributed by atoms with Crippen LogP contribution >= 0.6 is 15.9 Å². The molecule has 0 aliphatic heterocycles. The van der Waals surface area contributed by atoms with E-state index in [9.17, 15) is 4.79 Å². The molecule has 0 aliphatic rings. The van der Waals surface area contributed by atoms with Crippen LogP contribution in [0.5, 0.6) is 5.75 Å². The Morgan fingerprint density at radius 1 is 1.26 bits per heavy atom. The molecule has 0 fully saturated rings. The fraction of sp³-hybridized carbons (Fsp3) is 0.0588. The quantitative estimate of drug-likeness (QED) is 0.532. The topological polar surface area (TPSA) is 66.5 Å². The van der Waals surface area contributed by atoms with E-state index in [0.717, 1.165) is 20.9 Å². The van der Waals surface area contributed by atoms with Crippen LogP contribution < -0.4 is 10.2 Å². The van der Waals surface area contributed by atoms with Crippen LogP contribution in [-0.2, 0) is 4.79 Å². The summed E-state index contributed by atoms with van der Waals surface area (Å²) in [5.41, 5.74) is 4.35. The van der Waals surface area contributed by atoms with E-state index in [1.165, 1.54) is 0 Å². The van der Waals surface area contributed by atoms with Crippen LogP contribution in [0.1, 0.15) is 5.56 Å². The number of aromatic amines is 1. The predicted molar refractivity (Wildman–Crippen MR) is 93.7 cm³/mol. The van der Waals surface area contributed by atoms with E-state index in [-0.39, 0.29) is 12.5 Å². The number of hydrazone groups is 1. The molecule has 2 N–H and O–H groups in total. The van der Waals surface area contributed by atoms with Crippen molar-refractivity contribution in [1.29, 1.82) is 0 Å². The van der Waals surface area contributed by atoms with Gasteiger partial charge in [0.1, 0.15) is 5.75 Å². The number of nitrogens with zero attached hydrogens (tertiary/aromatic N) is 1. The lowest BCUT2D eigenvalue weighted by atomic mass is 10.2. The van der Waals surface area contributed by atoms with Gasteiger partial charge in [0.15, 0.2) is 6.61 Å². The maximum atomic E-state index is 11.7. The van der Waals surface area contributed by atoms with Crippen LogP contribution in [0.15, 0.2) is 64.3 Å². The molecule has 23 heavy (non-hydrogen) atoms. The molecule has 6 heteroatoms. The zero-order chi connectivity index (χ0) is 16.1. The van der Waals surface area contributed by atoms with Crippen molar-refractivity contribution in [3.8, 4) is 5.75 Å². The lowest BCUT2D eigenvalue weighted by molar-refractivity contribution is -0.123. The molecule has 0 saturated carbocycles. The molecule has 5 nitrogen and oxygen atoms in total. The molecular formula is C17H14BrN3O2. The Labute approximate surface area is 141 Å². The van der Waals surface area contributed by atoms with E-state index in [1.807, 2.05) is 42.6 Å². The molecule has 3 rings (SSSR count). The average Bonchev–Trinajstić information content (AvgIpc) is 2.96. The van der Waals surface area contributed by atoms with Crippen molar-refractivity contribution in [2.45, 2.75) is 0 Å². The second kappa shape index (κ2) is 7.11. The molecule has 2 aromatic carbocycles. The third-order valence-electron chi connectivity index (χ3n) is 3.18. The number of amides is 1. The summed E-state index contributed by atoms with van der Waals surface area (Å²) in [4.78, 5) is 14.8. The standard InChI is InChI=1S/C17H14BrN3O2/c18-13-6-7-16-15(8-13)12(9-19-16)10-20-21-17(22)11-23-14-4-2-1-3-5-14/h1-10,19H,11H2,(H,21,22)/b20-10-. The number of carbonyl (C=O) groups excluding carboxylic acids is 1. The van der Waals surface area contributed by atoms with Crippen molar-refractivity contribution in [1.82, 2.24) is 10.4 Å². The highest BCUT2D eigenvalue weighted by atomic mass is 79.9. The summed E-state index contributed by atoms with van der Waals surface area (Å²) < 4.78 is 6.33. The Balaban J connectivity index is 1.57. The van der Waals surface area contributed by atoms with Crippen LogP contribution in [0, 0.1) is 0 Å². The minimum absolute atomic E-state index is 0.0826. The summed E-state index contributed by atoms with van der Waals surface area (Å²) in [5, 5.41) is 4.99. The van der Waals surface area contributed by atoms with Crippen molar-refractivity contribution >= 4 is 39.0 Å². The maximum Gasteiger partial charge on any atom is 0.277 e. The fourth-order valence-electron chi connectivity index (χ4n) is 2.09. The third kappa shape index (κ3) is 3.98. The number of fused-ring (bicyclic) bond motifs is 1. The number of halogens is 1. The van der Waals surface area contributed by atoms with E-state index in [2.05, 4.69) is 31.4 Å². The molecule has 116 valence electrons. The van der Waals surface area contributed by atoms with Gasteiger partial charge < -0.3 is 9.72 Å². The van der Waals surface area contributed by atoms with Crippen LogP contribution in [0.3, 0.4) is 0 Å². The summed E-state index contributed by atoms with van der Waals surface area (Å²) in [6.07, 6.45) is 3.44. The number of ether oxygens (including phenoxy) is 1. The molecule has 0 unspecified atom stereocenters. The Bertz CT molecular complexity index is 843. The van der Waals surface area contributed by atoms with Crippen molar-refractivity contribution < 1.29 is 9.53 Å². The highest BCUT2D eigenvalue weighted by molar-refractivity contribution is 9.10. The average molecular weight is 372 g/mol. The van der Waals surface area contributed by atoms with Gasteiger partial charge in [0.05, 0.1) is 6.21 Å². The molecule has 1 aromatic heterocycles. The molecule has 0 spiro atoms. The summed E-state index contributed by atoms with van der Waals surface area (Å²) in [5.74, 6) is 0.333. The Hall–Kier alpha value is -2.60. The van der Waals surface area contributed by atoms with Gasteiger partial charge in [-0.25, -0.2) is 5.43 Å². The minimum atomic E-state index is -0.314. The number of aromatic nitrogens is 1. The Morgan fingerprint density at radius 3 is 2.91 bits per heavy atom. The molecule has 0 aliphatic carbocycles. The SMILES string of the molecule is O=C(COc1ccccc1)N/N=C\c1c[nH]c2ccc(Br)cc12. The largest absolute Gasteiger partial charge is 0.484 e. The number of carbonyl (C=O) groups is 1. The zero-order valence-corrected chi connectivity index (χ0v) is 13.7. The van der Waals surface area contributed by atoms with E-state index >= 15 is 0 Å². The molecule has 3 aromatic rings. The number of para-hydroxylation sites is 1. The molecule has 0 radical (unpaired) electrons. The zero-order valence-electron chi connectivity index (χ0n) is 12.1. The van der Waals surface area contributed by atoms with Gasteiger partial charge in [0.25, 0.3) is 5.91 Å². The van der Waals surface area contributed by atoms with Crippen LogP contribution in [0.4, 0.5) is 0 Å². The van der Waals surface area contributed by atoms with Gasteiger partial charge in [-0.1, -0.05) is 34.1 Å². The first-order chi connectivity index (χ1) is 11.2. The summed E-state index contributed by atoms with van der Waals surface area (Å²) in [6, 6.07) is 15.1. The molecule has 0 bridgehead atoms. The van der Waals surface area contributed by atoms with E-state index in [1.54, 1.807) is 18.3 Å². The number of hydrogen-bond donors (Lipinski definition) is 2. The van der Waals surface area contributed by atoms with E-state index < -0.39 is 0 Å². The van der Waals surface area contributed by atoms with E-state index in [4.69, 9.17) is 4.74 Å². The van der Waals surface area contributed by atoms with Crippen molar-refractivity contribution in [2.75, 3.05) is 6.61 Å². The smallest absolute Gasteiger partial charge is 0.277 e. The minimum Gasteiger partial charge on any atom is -0.484 e. The summed E-state index contributed by atoms with van der Waals surface area (Å²) >= 11 is 3.44. The fourth-order valence-corrected chi connectivity index (χ4v) is 2.45. The monoisotopic (exact) mass is 371 g/mol. The van der Waals surface area contributed by atoms with Crippen LogP contribution in [0.2, 0.25) is 0 Å². The lowest BCUT2D eigenvalue weighted by Crippen LogP contribution is -2.24. The number of hydrogen-bond acceptors (Lipinski definition) is 3. The highest BCUT2D eigenvalue weighted by Crippen LogP contribution is 2.21. The van der Waals surface area contributed by atoms with Gasteiger partial charge >= 0.3 is 0 Å². The summed E-state index contributed by atoms with van der Waals surface area (Å²) in [6.45, 7) is -0.0826. The molecule has 1 amide bonds. The number of H-pyrrole nitrogens is 1. The number of nitrogens with one attached hydrogen (secondary N) is 2. The van der Waals surface area contributed by atoms with Crippen molar-refractivity contribution in [3.05, 3.63) is 64.8 Å². The van der Waals surface area contributed by atoms with Gasteiger partial charge in [-0.05, 0) is 30.3 Å². The Morgan fingerprint density at radius 2 is 2.09 bits per heavy atom. The van der Waals surface area contributed by atoms with Gasteiger partial charge in [-0.15, -0.1) is 0 Å². The first-order valence-corrected chi connectivity index (χ1v) is 7.78. The number of rotatable bonds is 5. The van der Waals surface area contributed by atoms with E-state index in [0.29, 0.717) is 5.75 Å². The van der Waals surface area contributed by atoms with Gasteiger partial charge in [0, 0.05) is 27.1 Å². The molecule has 0 saturated heterocycles. The number of benzene rings is 2. The second-order valence-electron chi connectivity index (χ2n) is 4.83. The van der Waals surface area contributed by atoms with Crippen molar-refractivity contribution in [3.63, 3.8) is 0 Å². The maximum absolute atomic E-state index is 11.7. The normalized spacial score (nSPS) is 11.0. The molecule has 1 heterocycles. The third-order valence-corrected chi connectivity index (χ3v) is 3.68. The predicted octanol–water partition coefficient (Wildman–Crippen LogP) is 3.46. The second-order valence-corrected chi connectivity index (χ2v) is 5.74. The Kier molecular flexibility index (Phi) is 4.73. The van der Waals surface area contributed by atoms with Gasteiger partial charge in [-0.3, -0.25) is 4.79 Å². The molecule has 0 atom stereocenters. The highest BCUT2D eigenvalue weighted by Gasteiger charge is 2.03. The van der Waals surface area contributed by atoms with Crippen molar-refractivity contribution in [2.24, 2.45) is 5.10 Å². The first kappa shape index (κ1) is 15.3. The van der Waals surface area contributed by atoms with Gasteiger partial charge in [0.2, 0.25) is 0 Å². The van der Waals surface area contributed by atoms with Gasteiger partial charge in [-0.2, -0.15) is 5.10 Å². The lowest BCUT2D eigenvalue weighted by Gasteiger charge is -2.03. The van der Waals surface area contributed by atoms with Crippen LogP contribution in [0.25, 0.3) is 10.9 Å². The van der Waals surface area contributed by atoms with Crippen LogP contribution in [-0.4, -0.2) is 23.7 Å². The first-order valence-electron chi connectivity index (χ1n) is 6.99. The molecular weight excluding hydrogens is 358 g/mol.